The highest BCUT2D eigenvalue weighted by molar-refractivity contribution is 5.87. The number of fused-ring (bicyclic) bond motifs is 1. The lowest BCUT2D eigenvalue weighted by molar-refractivity contribution is -0.121. The van der Waals surface area contributed by atoms with Crippen molar-refractivity contribution in [2.24, 2.45) is 0 Å². The normalized spacial score (nSPS) is 12.1. The Hall–Kier alpha value is -3.34. The Bertz CT molecular complexity index is 1000. The van der Waals surface area contributed by atoms with Crippen LogP contribution in [0.5, 0.6) is 0 Å². The third kappa shape index (κ3) is 3.92. The van der Waals surface area contributed by atoms with E-state index in [-0.39, 0.29) is 11.9 Å². The Balaban J connectivity index is 1.54. The highest BCUT2D eigenvalue weighted by atomic mass is 16.1. The molecule has 0 saturated carbocycles. The fraction of sp³-hybridized carbons (Fsp3) is 0.182. The Kier molecular flexibility index (Phi) is 5.01. The van der Waals surface area contributed by atoms with Crippen molar-refractivity contribution in [1.29, 1.82) is 0 Å². The van der Waals surface area contributed by atoms with E-state index in [9.17, 15) is 4.79 Å². The molecular formula is C22H22N4O. The molecule has 2 aromatic carbocycles. The van der Waals surface area contributed by atoms with Crippen molar-refractivity contribution in [2.75, 3.05) is 6.54 Å². The number of nitrogens with zero attached hydrogens (tertiary/aromatic N) is 3. The second-order valence-electron chi connectivity index (χ2n) is 6.57. The molecule has 2 heterocycles. The molecule has 4 aromatic rings. The lowest BCUT2D eigenvalue weighted by Gasteiger charge is -2.21. The number of amides is 1. The minimum Gasteiger partial charge on any atom is -0.354 e. The van der Waals surface area contributed by atoms with E-state index in [4.69, 9.17) is 0 Å². The molecule has 27 heavy (non-hydrogen) atoms. The van der Waals surface area contributed by atoms with Gasteiger partial charge >= 0.3 is 0 Å². The Morgan fingerprint density at radius 2 is 1.81 bits per heavy atom. The number of aromatic nitrogens is 3. The molecule has 0 fully saturated rings. The van der Waals surface area contributed by atoms with Crippen LogP contribution >= 0.6 is 0 Å². The second kappa shape index (κ2) is 7.91. The van der Waals surface area contributed by atoms with Crippen molar-refractivity contribution in [1.82, 2.24) is 19.4 Å². The van der Waals surface area contributed by atoms with Gasteiger partial charge in [-0.05, 0) is 28.5 Å². The van der Waals surface area contributed by atoms with E-state index in [0.29, 0.717) is 19.5 Å². The maximum atomic E-state index is 12.6. The first kappa shape index (κ1) is 17.1. The van der Waals surface area contributed by atoms with Gasteiger partial charge in [-0.2, -0.15) is 0 Å². The zero-order valence-corrected chi connectivity index (χ0v) is 15.0. The SMILES string of the molecule is O=C(CC(c1cccc2ccccc12)n1cccc1)NCCn1ccnc1. The van der Waals surface area contributed by atoms with Gasteiger partial charge in [-0.3, -0.25) is 4.79 Å². The third-order valence-corrected chi connectivity index (χ3v) is 4.80. The molecule has 1 unspecified atom stereocenters. The number of nitrogens with one attached hydrogen (secondary N) is 1. The van der Waals surface area contributed by atoms with Crippen molar-refractivity contribution in [3.05, 3.63) is 91.3 Å². The first-order valence-corrected chi connectivity index (χ1v) is 9.14. The first-order chi connectivity index (χ1) is 13.3. The Morgan fingerprint density at radius 1 is 1.00 bits per heavy atom. The Labute approximate surface area is 158 Å². The monoisotopic (exact) mass is 358 g/mol. The number of benzene rings is 2. The average molecular weight is 358 g/mol. The lowest BCUT2D eigenvalue weighted by Crippen LogP contribution is -2.29. The van der Waals surface area contributed by atoms with E-state index in [1.165, 1.54) is 10.8 Å². The van der Waals surface area contributed by atoms with E-state index in [2.05, 4.69) is 45.2 Å². The van der Waals surface area contributed by atoms with Crippen molar-refractivity contribution in [3.8, 4) is 0 Å². The van der Waals surface area contributed by atoms with E-state index < -0.39 is 0 Å². The number of carbonyl (C=O) groups is 1. The summed E-state index contributed by atoms with van der Waals surface area (Å²) in [6, 6.07) is 18.6. The van der Waals surface area contributed by atoms with Crippen LogP contribution in [0.25, 0.3) is 10.8 Å². The number of hydrogen-bond acceptors (Lipinski definition) is 2. The molecule has 136 valence electrons. The molecular weight excluding hydrogens is 336 g/mol. The molecule has 0 saturated heterocycles. The maximum absolute atomic E-state index is 12.6. The molecule has 4 rings (SSSR count). The summed E-state index contributed by atoms with van der Waals surface area (Å²) < 4.78 is 4.06. The van der Waals surface area contributed by atoms with Gasteiger partial charge in [0.15, 0.2) is 0 Å². The molecule has 1 amide bonds. The summed E-state index contributed by atoms with van der Waals surface area (Å²) >= 11 is 0. The summed E-state index contributed by atoms with van der Waals surface area (Å²) in [6.07, 6.45) is 9.82. The van der Waals surface area contributed by atoms with Crippen LogP contribution in [-0.4, -0.2) is 26.6 Å². The van der Waals surface area contributed by atoms with Gasteiger partial charge in [-0.15, -0.1) is 0 Å². The summed E-state index contributed by atoms with van der Waals surface area (Å²) in [5, 5.41) is 5.40. The molecule has 0 aliphatic heterocycles. The number of carbonyl (C=O) groups excluding carboxylic acids is 1. The summed E-state index contributed by atoms with van der Waals surface area (Å²) in [5.74, 6) is 0.0433. The second-order valence-corrected chi connectivity index (χ2v) is 6.57. The Morgan fingerprint density at radius 3 is 2.63 bits per heavy atom. The molecule has 5 nitrogen and oxygen atoms in total. The van der Waals surface area contributed by atoms with E-state index >= 15 is 0 Å². The quantitative estimate of drug-likeness (QED) is 0.548. The molecule has 1 atom stereocenters. The third-order valence-electron chi connectivity index (χ3n) is 4.80. The van der Waals surface area contributed by atoms with Crippen LogP contribution in [-0.2, 0) is 11.3 Å². The molecule has 1 N–H and O–H groups in total. The predicted octanol–water partition coefficient (Wildman–Crippen LogP) is 3.63. The van der Waals surface area contributed by atoms with Gasteiger partial charge in [-0.25, -0.2) is 4.98 Å². The fourth-order valence-electron chi connectivity index (χ4n) is 3.46. The van der Waals surface area contributed by atoms with Crippen molar-refractivity contribution < 1.29 is 4.79 Å². The van der Waals surface area contributed by atoms with Crippen molar-refractivity contribution >= 4 is 16.7 Å². The smallest absolute Gasteiger partial charge is 0.222 e. The lowest BCUT2D eigenvalue weighted by atomic mass is 9.96. The van der Waals surface area contributed by atoms with E-state index in [0.717, 1.165) is 5.56 Å². The topological polar surface area (TPSA) is 51.9 Å². The van der Waals surface area contributed by atoms with Gasteiger partial charge in [0.05, 0.1) is 18.8 Å². The fourth-order valence-corrected chi connectivity index (χ4v) is 3.46. The molecule has 5 heteroatoms. The van der Waals surface area contributed by atoms with Gasteiger partial charge in [0.25, 0.3) is 0 Å². The van der Waals surface area contributed by atoms with Crippen LogP contribution in [0.4, 0.5) is 0 Å². The molecule has 0 spiro atoms. The highest BCUT2D eigenvalue weighted by Crippen LogP contribution is 2.29. The highest BCUT2D eigenvalue weighted by Gasteiger charge is 2.19. The van der Waals surface area contributed by atoms with Crippen molar-refractivity contribution in [3.63, 3.8) is 0 Å². The summed E-state index contributed by atoms with van der Waals surface area (Å²) in [5.41, 5.74) is 1.16. The van der Waals surface area contributed by atoms with Crippen LogP contribution in [0.2, 0.25) is 0 Å². The summed E-state index contributed by atoms with van der Waals surface area (Å²) in [7, 11) is 0. The molecule has 0 radical (unpaired) electrons. The van der Waals surface area contributed by atoms with E-state index in [1.807, 2.05) is 47.4 Å². The molecule has 0 aliphatic rings. The number of hydrogen-bond donors (Lipinski definition) is 1. The number of rotatable bonds is 7. The van der Waals surface area contributed by atoms with Gasteiger partial charge in [0.1, 0.15) is 0 Å². The van der Waals surface area contributed by atoms with Gasteiger partial charge in [-0.1, -0.05) is 42.5 Å². The molecule has 2 aromatic heterocycles. The zero-order valence-electron chi connectivity index (χ0n) is 15.0. The molecule has 0 bridgehead atoms. The maximum Gasteiger partial charge on any atom is 0.222 e. The van der Waals surface area contributed by atoms with E-state index in [1.54, 1.807) is 12.5 Å². The largest absolute Gasteiger partial charge is 0.354 e. The summed E-state index contributed by atoms with van der Waals surface area (Å²) in [4.78, 5) is 16.7. The minimum absolute atomic E-state index is 0.0423. The van der Waals surface area contributed by atoms with Crippen LogP contribution in [0.1, 0.15) is 18.0 Å². The van der Waals surface area contributed by atoms with Crippen LogP contribution in [0.15, 0.2) is 85.7 Å². The summed E-state index contributed by atoms with van der Waals surface area (Å²) in [6.45, 7) is 1.30. The van der Waals surface area contributed by atoms with Gasteiger partial charge in [0, 0.05) is 37.9 Å². The van der Waals surface area contributed by atoms with Gasteiger partial charge < -0.3 is 14.5 Å². The van der Waals surface area contributed by atoms with Crippen LogP contribution in [0.3, 0.4) is 0 Å². The average Bonchev–Trinajstić information content (AvgIpc) is 3.40. The first-order valence-electron chi connectivity index (χ1n) is 9.14. The predicted molar refractivity (Wildman–Crippen MR) is 106 cm³/mol. The number of imidazole rings is 1. The minimum atomic E-state index is -0.0423. The van der Waals surface area contributed by atoms with Crippen molar-refractivity contribution in [2.45, 2.75) is 19.0 Å². The zero-order chi connectivity index (χ0) is 18.5. The van der Waals surface area contributed by atoms with Crippen LogP contribution < -0.4 is 5.32 Å². The van der Waals surface area contributed by atoms with Gasteiger partial charge in [0.2, 0.25) is 5.91 Å². The van der Waals surface area contributed by atoms with Crippen LogP contribution in [0, 0.1) is 0 Å². The standard InChI is InChI=1S/C22H22N4O/c27-22(24-11-15-25-14-10-23-17-25)16-21(26-12-3-4-13-26)20-9-5-7-18-6-1-2-8-19(18)20/h1-10,12-14,17,21H,11,15-16H2,(H,24,27). The molecule has 0 aliphatic carbocycles.